The standard InChI is InChI=1S/C20H25FN4O2/c1-22-17-5-4-16(21)12-15(17)13-18(22)20(27)25-10-8-23(9-11-25)14-19(26)24-6-2-3-7-24/h4-5,12-13H,2-3,6-11,14H2,1H3. The Bertz CT molecular complexity index is 864. The Kier molecular flexibility index (Phi) is 4.86. The summed E-state index contributed by atoms with van der Waals surface area (Å²) in [4.78, 5) is 31.1. The van der Waals surface area contributed by atoms with Crippen molar-refractivity contribution in [1.29, 1.82) is 0 Å². The third-order valence-electron chi connectivity index (χ3n) is 5.70. The summed E-state index contributed by atoms with van der Waals surface area (Å²) in [5.41, 5.74) is 1.41. The van der Waals surface area contributed by atoms with Crippen molar-refractivity contribution in [2.45, 2.75) is 12.8 Å². The topological polar surface area (TPSA) is 48.8 Å². The number of carbonyl (C=O) groups excluding carboxylic acids is 2. The Labute approximate surface area is 158 Å². The number of piperazine rings is 1. The van der Waals surface area contributed by atoms with E-state index < -0.39 is 0 Å². The van der Waals surface area contributed by atoms with E-state index in [2.05, 4.69) is 4.90 Å². The second-order valence-corrected chi connectivity index (χ2v) is 7.45. The van der Waals surface area contributed by atoms with Crippen LogP contribution in [0.1, 0.15) is 23.3 Å². The van der Waals surface area contributed by atoms with E-state index in [-0.39, 0.29) is 17.6 Å². The van der Waals surface area contributed by atoms with Crippen molar-refractivity contribution < 1.29 is 14.0 Å². The SMILES string of the molecule is Cn1c(C(=O)N2CCN(CC(=O)N3CCCC3)CC2)cc2cc(F)ccc21. The lowest BCUT2D eigenvalue weighted by molar-refractivity contribution is -0.131. The number of amides is 2. The fourth-order valence-corrected chi connectivity index (χ4v) is 4.05. The highest BCUT2D eigenvalue weighted by molar-refractivity contribution is 5.98. The monoisotopic (exact) mass is 372 g/mol. The third-order valence-corrected chi connectivity index (χ3v) is 5.70. The van der Waals surface area contributed by atoms with Crippen molar-refractivity contribution in [2.75, 3.05) is 45.8 Å². The van der Waals surface area contributed by atoms with Crippen LogP contribution in [-0.4, -0.2) is 76.9 Å². The van der Waals surface area contributed by atoms with Gasteiger partial charge in [-0.15, -0.1) is 0 Å². The van der Waals surface area contributed by atoms with Gasteiger partial charge in [0.2, 0.25) is 5.91 Å². The van der Waals surface area contributed by atoms with E-state index in [0.717, 1.165) is 36.8 Å². The van der Waals surface area contributed by atoms with Crippen molar-refractivity contribution in [1.82, 2.24) is 19.3 Å². The summed E-state index contributed by atoms with van der Waals surface area (Å²) < 4.78 is 15.3. The predicted octanol–water partition coefficient (Wildman–Crippen LogP) is 1.70. The zero-order chi connectivity index (χ0) is 19.0. The molecule has 2 aliphatic heterocycles. The minimum Gasteiger partial charge on any atom is -0.342 e. The molecule has 2 saturated heterocycles. The number of aryl methyl sites for hydroxylation is 1. The first-order chi connectivity index (χ1) is 13.0. The van der Waals surface area contributed by atoms with E-state index in [9.17, 15) is 14.0 Å². The van der Waals surface area contributed by atoms with Crippen molar-refractivity contribution in [3.05, 3.63) is 35.8 Å². The van der Waals surface area contributed by atoms with Gasteiger partial charge in [0.1, 0.15) is 11.5 Å². The maximum absolute atomic E-state index is 13.5. The molecule has 27 heavy (non-hydrogen) atoms. The third kappa shape index (κ3) is 3.56. The van der Waals surface area contributed by atoms with Gasteiger partial charge in [0, 0.05) is 57.2 Å². The molecule has 1 aromatic heterocycles. The molecule has 6 nitrogen and oxygen atoms in total. The summed E-state index contributed by atoms with van der Waals surface area (Å²) in [6, 6.07) is 6.31. The summed E-state index contributed by atoms with van der Waals surface area (Å²) in [6.07, 6.45) is 2.20. The van der Waals surface area contributed by atoms with Crippen LogP contribution in [0.4, 0.5) is 4.39 Å². The Morgan fingerprint density at radius 3 is 2.37 bits per heavy atom. The number of aromatic nitrogens is 1. The van der Waals surface area contributed by atoms with Gasteiger partial charge in [-0.2, -0.15) is 0 Å². The number of rotatable bonds is 3. The average Bonchev–Trinajstić information content (AvgIpc) is 3.30. The smallest absolute Gasteiger partial charge is 0.270 e. The van der Waals surface area contributed by atoms with Gasteiger partial charge in [-0.1, -0.05) is 0 Å². The number of hydrogen-bond donors (Lipinski definition) is 0. The van der Waals surface area contributed by atoms with Crippen LogP contribution in [0.2, 0.25) is 0 Å². The minimum atomic E-state index is -0.302. The highest BCUT2D eigenvalue weighted by atomic mass is 19.1. The number of hydrogen-bond acceptors (Lipinski definition) is 3. The van der Waals surface area contributed by atoms with Crippen LogP contribution in [0, 0.1) is 5.82 Å². The van der Waals surface area contributed by atoms with E-state index in [4.69, 9.17) is 0 Å². The highest BCUT2D eigenvalue weighted by Crippen LogP contribution is 2.21. The second kappa shape index (κ2) is 7.31. The van der Waals surface area contributed by atoms with E-state index in [1.807, 2.05) is 21.4 Å². The van der Waals surface area contributed by atoms with Gasteiger partial charge >= 0.3 is 0 Å². The molecule has 0 aliphatic carbocycles. The van der Waals surface area contributed by atoms with E-state index in [0.29, 0.717) is 38.4 Å². The first-order valence-corrected chi connectivity index (χ1v) is 9.57. The lowest BCUT2D eigenvalue weighted by atomic mass is 10.2. The van der Waals surface area contributed by atoms with E-state index in [1.54, 1.807) is 12.1 Å². The summed E-state index contributed by atoms with van der Waals surface area (Å²) >= 11 is 0. The molecular weight excluding hydrogens is 347 g/mol. The van der Waals surface area contributed by atoms with E-state index in [1.165, 1.54) is 12.1 Å². The van der Waals surface area contributed by atoms with Crippen LogP contribution >= 0.6 is 0 Å². The highest BCUT2D eigenvalue weighted by Gasteiger charge is 2.27. The van der Waals surface area contributed by atoms with Gasteiger partial charge in [-0.3, -0.25) is 14.5 Å². The lowest BCUT2D eigenvalue weighted by Gasteiger charge is -2.35. The molecule has 2 amide bonds. The summed E-state index contributed by atoms with van der Waals surface area (Å²) in [6.45, 7) is 4.78. The van der Waals surface area contributed by atoms with Crippen LogP contribution in [0.15, 0.2) is 24.3 Å². The number of fused-ring (bicyclic) bond motifs is 1. The van der Waals surface area contributed by atoms with Crippen molar-refractivity contribution in [3.8, 4) is 0 Å². The van der Waals surface area contributed by atoms with Gasteiger partial charge in [-0.25, -0.2) is 4.39 Å². The molecule has 1 aromatic carbocycles. The molecule has 2 aromatic rings. The Balaban J connectivity index is 1.38. The molecule has 2 fully saturated rings. The molecule has 0 N–H and O–H groups in total. The minimum absolute atomic E-state index is 0.0420. The largest absolute Gasteiger partial charge is 0.342 e. The van der Waals surface area contributed by atoms with Gasteiger partial charge in [0.25, 0.3) is 5.91 Å². The quantitative estimate of drug-likeness (QED) is 0.824. The molecule has 0 unspecified atom stereocenters. The molecule has 2 aliphatic rings. The molecule has 0 saturated carbocycles. The van der Waals surface area contributed by atoms with Gasteiger partial charge in [0.15, 0.2) is 0 Å². The molecule has 3 heterocycles. The summed E-state index contributed by atoms with van der Waals surface area (Å²) in [5, 5.41) is 0.732. The molecule has 7 heteroatoms. The van der Waals surface area contributed by atoms with E-state index >= 15 is 0 Å². The number of nitrogens with zero attached hydrogens (tertiary/aromatic N) is 4. The number of carbonyl (C=O) groups is 2. The van der Waals surface area contributed by atoms with Crippen molar-refractivity contribution in [3.63, 3.8) is 0 Å². The van der Waals surface area contributed by atoms with Gasteiger partial charge in [0.05, 0.1) is 6.54 Å². The normalized spacial score (nSPS) is 18.4. The molecule has 0 radical (unpaired) electrons. The van der Waals surface area contributed by atoms with Crippen LogP contribution in [0.3, 0.4) is 0 Å². The first kappa shape index (κ1) is 18.0. The molecule has 4 rings (SSSR count). The molecule has 0 spiro atoms. The molecule has 0 bridgehead atoms. The van der Waals surface area contributed by atoms with Crippen molar-refractivity contribution >= 4 is 22.7 Å². The Hall–Kier alpha value is -2.41. The Morgan fingerprint density at radius 1 is 0.963 bits per heavy atom. The maximum atomic E-state index is 13.5. The zero-order valence-corrected chi connectivity index (χ0v) is 15.7. The first-order valence-electron chi connectivity index (χ1n) is 9.57. The maximum Gasteiger partial charge on any atom is 0.270 e. The number of halogens is 1. The fourth-order valence-electron chi connectivity index (χ4n) is 4.05. The Morgan fingerprint density at radius 2 is 1.67 bits per heavy atom. The van der Waals surface area contributed by atoms with Gasteiger partial charge < -0.3 is 14.4 Å². The average molecular weight is 372 g/mol. The second-order valence-electron chi connectivity index (χ2n) is 7.45. The van der Waals surface area contributed by atoms with Crippen LogP contribution in [-0.2, 0) is 11.8 Å². The molecule has 144 valence electrons. The molecule has 0 atom stereocenters. The summed E-state index contributed by atoms with van der Waals surface area (Å²) in [5.74, 6) is -0.147. The number of benzene rings is 1. The van der Waals surface area contributed by atoms with Crippen LogP contribution in [0.25, 0.3) is 10.9 Å². The number of likely N-dealkylation sites (tertiary alicyclic amines) is 1. The van der Waals surface area contributed by atoms with Crippen molar-refractivity contribution in [2.24, 2.45) is 7.05 Å². The fraction of sp³-hybridized carbons (Fsp3) is 0.500. The van der Waals surface area contributed by atoms with Gasteiger partial charge in [-0.05, 0) is 37.1 Å². The van der Waals surface area contributed by atoms with Crippen LogP contribution < -0.4 is 0 Å². The zero-order valence-electron chi connectivity index (χ0n) is 15.7. The summed E-state index contributed by atoms with van der Waals surface area (Å²) in [7, 11) is 1.83. The predicted molar refractivity (Wildman–Crippen MR) is 101 cm³/mol. The lowest BCUT2D eigenvalue weighted by Crippen LogP contribution is -2.51. The van der Waals surface area contributed by atoms with Crippen LogP contribution in [0.5, 0.6) is 0 Å². The molecular formula is C20H25FN4O2.